The fourth-order valence-corrected chi connectivity index (χ4v) is 8.53. The summed E-state index contributed by atoms with van der Waals surface area (Å²) in [6, 6.07) is 35.9. The lowest BCUT2D eigenvalue weighted by atomic mass is 9.99. The van der Waals surface area contributed by atoms with Gasteiger partial charge in [0.2, 0.25) is 0 Å². The first-order valence-electron chi connectivity index (χ1n) is 25.1. The van der Waals surface area contributed by atoms with Gasteiger partial charge in [0.15, 0.2) is 0 Å². The van der Waals surface area contributed by atoms with E-state index in [-0.39, 0.29) is 5.69 Å². The van der Waals surface area contributed by atoms with Crippen molar-refractivity contribution in [3.8, 4) is 39.3 Å². The van der Waals surface area contributed by atoms with Crippen LogP contribution in [0.5, 0.6) is 0 Å². The highest BCUT2D eigenvalue weighted by atomic mass is 15.0. The first-order chi connectivity index (χ1) is 33.7. The van der Waals surface area contributed by atoms with Gasteiger partial charge < -0.3 is 13.7 Å². The Morgan fingerprint density at radius 2 is 0.807 bits per heavy atom. The number of para-hydroxylation sites is 4. The van der Waals surface area contributed by atoms with Crippen molar-refractivity contribution in [3.63, 3.8) is 0 Å². The average molecular weight is 739 g/mol. The van der Waals surface area contributed by atoms with Crippen molar-refractivity contribution in [1.82, 2.24) is 13.7 Å². The van der Waals surface area contributed by atoms with Crippen LogP contribution in [-0.4, -0.2) is 13.7 Å². The zero-order valence-electron chi connectivity index (χ0n) is 43.0. The predicted octanol–water partition coefficient (Wildman–Crippen LogP) is 14.3. The molecule has 0 N–H and O–H groups in total. The Hall–Kier alpha value is -7.62. The quantitative estimate of drug-likeness (QED) is 0.167. The van der Waals surface area contributed by atoms with Crippen molar-refractivity contribution in [2.24, 2.45) is 0 Å². The van der Waals surface area contributed by atoms with Crippen molar-refractivity contribution >= 4 is 65.4 Å². The number of hydrogen-bond acceptors (Lipinski definition) is 0. The molecule has 266 valence electrons. The van der Waals surface area contributed by atoms with Crippen LogP contribution in [0.2, 0.25) is 0 Å². The first-order valence-corrected chi connectivity index (χ1v) is 18.6. The third-order valence-corrected chi connectivity index (χ3v) is 10.9. The second kappa shape index (κ2) is 12.5. The summed E-state index contributed by atoms with van der Waals surface area (Å²) in [4.78, 5) is 0. The van der Waals surface area contributed by atoms with Gasteiger partial charge in [0.05, 0.1) is 56.6 Å². The molecular weight excluding hydrogens is 691 g/mol. The summed E-state index contributed by atoms with van der Waals surface area (Å²) in [5, 5.41) is 5.91. The molecule has 3 aromatic heterocycles. The summed E-state index contributed by atoms with van der Waals surface area (Å²) in [5.41, 5.74) is 4.91. The molecule has 3 nitrogen and oxygen atoms in total. The second-order valence-electron chi connectivity index (χ2n) is 13.9. The normalized spacial score (nSPS) is 15.1. The maximum absolute atomic E-state index is 9.80. The van der Waals surface area contributed by atoms with Crippen LogP contribution in [0.4, 0.5) is 0 Å². The molecule has 0 atom stereocenters. The van der Waals surface area contributed by atoms with E-state index in [2.05, 4.69) is 94.1 Å². The third kappa shape index (κ3) is 4.79. The Balaban J connectivity index is 1.11. The highest BCUT2D eigenvalue weighted by Crippen LogP contribution is 2.41. The third-order valence-electron chi connectivity index (χ3n) is 10.9. The molecule has 0 aliphatic heterocycles. The molecule has 12 aromatic rings. The van der Waals surface area contributed by atoms with E-state index in [1.807, 2.05) is 48.5 Å². The Labute approximate surface area is 347 Å². The van der Waals surface area contributed by atoms with Gasteiger partial charge in [-0.15, -0.1) is 0 Å². The lowest BCUT2D eigenvalue weighted by molar-refractivity contribution is 1.16. The van der Waals surface area contributed by atoms with E-state index in [1.54, 1.807) is 4.57 Å². The van der Waals surface area contributed by atoms with Gasteiger partial charge in [-0.1, -0.05) is 139 Å². The number of benzene rings is 9. The van der Waals surface area contributed by atoms with E-state index >= 15 is 0 Å². The molecule has 0 aliphatic rings. The molecule has 0 saturated carbocycles. The molecule has 0 saturated heterocycles. The Morgan fingerprint density at radius 1 is 0.316 bits per heavy atom. The molecule has 0 spiro atoms. The Bertz CT molecular complexity index is 4220. The van der Waals surface area contributed by atoms with Crippen LogP contribution < -0.4 is 0 Å². The summed E-state index contributed by atoms with van der Waals surface area (Å²) >= 11 is 0. The van der Waals surface area contributed by atoms with Gasteiger partial charge in [0.25, 0.3) is 0 Å². The van der Waals surface area contributed by atoms with Crippen LogP contribution >= 0.6 is 0 Å². The average Bonchev–Trinajstić information content (AvgIpc) is 4.01. The SMILES string of the molecule is [2H]c1c([2H])c([2H])c(-c2c([2H])c([2H])c([2H])c(-c3c([2H])c([2H])c([2H])c(-n4c5ccccc5c5cc(-n6c7ccccc7c7c(-n8c9ccccc9c9ccccc98)cccc76)ccc54)c3[2H])c2[2H])c([2H])c1[2H]. The largest absolute Gasteiger partial charge is 0.309 e. The van der Waals surface area contributed by atoms with Crippen LogP contribution in [0, 0.1) is 0 Å². The van der Waals surface area contributed by atoms with Crippen LogP contribution in [0.3, 0.4) is 0 Å². The van der Waals surface area contributed by atoms with E-state index in [0.717, 1.165) is 65.8 Å². The van der Waals surface area contributed by atoms with Crippen LogP contribution in [-0.2, 0) is 0 Å². The number of fused-ring (bicyclic) bond motifs is 9. The Morgan fingerprint density at radius 3 is 1.51 bits per heavy atom. The summed E-state index contributed by atoms with van der Waals surface area (Å²) in [6.45, 7) is 0. The van der Waals surface area contributed by atoms with Crippen molar-refractivity contribution < 1.29 is 17.8 Å². The Kier molecular flexibility index (Phi) is 4.69. The van der Waals surface area contributed by atoms with Gasteiger partial charge in [-0.25, -0.2) is 0 Å². The molecule has 0 amide bonds. The van der Waals surface area contributed by atoms with Crippen molar-refractivity contribution in [2.75, 3.05) is 0 Å². The molecule has 0 unspecified atom stereocenters. The lowest BCUT2D eigenvalue weighted by Gasteiger charge is -2.13. The minimum atomic E-state index is -0.772. The van der Waals surface area contributed by atoms with Gasteiger partial charge in [0, 0.05) is 43.7 Å². The monoisotopic (exact) mass is 738 g/mol. The minimum absolute atomic E-state index is 0.132. The molecule has 9 aromatic carbocycles. The smallest absolute Gasteiger partial charge is 0.0651 e. The van der Waals surface area contributed by atoms with Crippen LogP contribution in [0.1, 0.15) is 17.8 Å². The molecule has 0 fully saturated rings. The second-order valence-corrected chi connectivity index (χ2v) is 13.9. The number of rotatable bonds is 5. The predicted molar refractivity (Wildman–Crippen MR) is 240 cm³/mol. The fourth-order valence-electron chi connectivity index (χ4n) is 8.53. The van der Waals surface area contributed by atoms with Gasteiger partial charge in [-0.05, 0) is 95.0 Å². The van der Waals surface area contributed by atoms with Gasteiger partial charge in [-0.3, -0.25) is 0 Å². The maximum atomic E-state index is 9.80. The summed E-state index contributed by atoms with van der Waals surface area (Å²) < 4.78 is 122. The van der Waals surface area contributed by atoms with Crippen LogP contribution in [0.15, 0.2) is 212 Å². The maximum Gasteiger partial charge on any atom is 0.0651 e. The van der Waals surface area contributed by atoms with Gasteiger partial charge in [-0.2, -0.15) is 0 Å². The summed E-state index contributed by atoms with van der Waals surface area (Å²) in [7, 11) is 0. The number of aromatic nitrogens is 3. The van der Waals surface area contributed by atoms with Crippen molar-refractivity contribution in [1.29, 1.82) is 0 Å². The zero-order chi connectivity index (χ0) is 48.8. The number of nitrogens with zero attached hydrogens (tertiary/aromatic N) is 3. The first kappa shape index (κ1) is 21.5. The molecule has 3 heterocycles. The molecular formula is C54H35N3. The van der Waals surface area contributed by atoms with E-state index in [9.17, 15) is 4.11 Å². The topological polar surface area (TPSA) is 14.8 Å². The van der Waals surface area contributed by atoms with E-state index in [4.69, 9.17) is 13.7 Å². The summed E-state index contributed by atoms with van der Waals surface area (Å²) in [6.07, 6.45) is 0. The van der Waals surface area contributed by atoms with Crippen molar-refractivity contribution in [3.05, 3.63) is 212 Å². The highest BCUT2D eigenvalue weighted by molar-refractivity contribution is 6.17. The van der Waals surface area contributed by atoms with E-state index in [1.165, 1.54) is 0 Å². The number of hydrogen-bond donors (Lipinski definition) is 0. The molecule has 0 aliphatic carbocycles. The van der Waals surface area contributed by atoms with Gasteiger partial charge >= 0.3 is 0 Å². The zero-order valence-corrected chi connectivity index (χ0v) is 30.0. The molecule has 57 heavy (non-hydrogen) atoms. The fraction of sp³-hybridized carbons (Fsp3) is 0. The van der Waals surface area contributed by atoms with Crippen LogP contribution in [0.25, 0.3) is 105 Å². The van der Waals surface area contributed by atoms with E-state index < -0.39 is 101 Å². The lowest BCUT2D eigenvalue weighted by Crippen LogP contribution is -1.97. The summed E-state index contributed by atoms with van der Waals surface area (Å²) in [5.74, 6) is 0. The molecule has 3 heteroatoms. The van der Waals surface area contributed by atoms with E-state index in [0.29, 0.717) is 11.0 Å². The van der Waals surface area contributed by atoms with Gasteiger partial charge in [0.1, 0.15) is 0 Å². The minimum Gasteiger partial charge on any atom is -0.309 e. The highest BCUT2D eigenvalue weighted by Gasteiger charge is 2.20. The van der Waals surface area contributed by atoms with Crippen molar-refractivity contribution in [2.45, 2.75) is 0 Å². The molecule has 0 radical (unpaired) electrons. The molecule has 0 bridgehead atoms. The standard InChI is InChI=1S/C54H35N3/c1-2-15-36(16-3-1)37-17-12-18-38(33-37)39-19-13-20-40(34-39)55-47-25-8-6-23-44(47)46-35-41(31-32-51(46)55)56-50-28-11-7-24-45(50)54-52(56)29-14-30-53(54)57-48-26-9-4-21-42(48)43-22-5-10-27-49(43)57/h1-35H/i1D,2D,3D,12D,13D,15D,16D,17D,18D,19D,20D,33D,34D. The molecule has 12 rings (SSSR count).